The molecule has 224 valence electrons. The Morgan fingerprint density at radius 3 is 2.41 bits per heavy atom. The number of ether oxygens (including phenoxy) is 1. The van der Waals surface area contributed by atoms with Gasteiger partial charge in [0.2, 0.25) is 0 Å². The van der Waals surface area contributed by atoms with E-state index in [0.29, 0.717) is 18.8 Å². The molecule has 0 aliphatic rings. The molecule has 0 saturated heterocycles. The predicted octanol–water partition coefficient (Wildman–Crippen LogP) is 6.09. The first kappa shape index (κ1) is 30.5. The first-order valence-electron chi connectivity index (χ1n) is 14.1. The minimum Gasteiger partial charge on any atom is -0.506 e. The second-order valence-electron chi connectivity index (χ2n) is 10.7. The van der Waals surface area contributed by atoms with E-state index in [-0.39, 0.29) is 28.8 Å². The van der Waals surface area contributed by atoms with E-state index >= 15 is 0 Å². The highest BCUT2D eigenvalue weighted by Gasteiger charge is 2.17. The highest BCUT2D eigenvalue weighted by Crippen LogP contribution is 2.28. The van der Waals surface area contributed by atoms with Gasteiger partial charge in [-0.1, -0.05) is 72.3 Å². The van der Waals surface area contributed by atoms with E-state index in [1.54, 1.807) is 12.3 Å². The number of nitrogens with one attached hydrogen (secondary N) is 1. The molecule has 2 amide bonds. The number of hydrogen-bond donors (Lipinski definition) is 2. The molecule has 44 heavy (non-hydrogen) atoms. The number of fused-ring (bicyclic) bond motifs is 2. The van der Waals surface area contributed by atoms with E-state index in [4.69, 9.17) is 16.3 Å². The van der Waals surface area contributed by atoms with Gasteiger partial charge in [0.1, 0.15) is 11.5 Å². The summed E-state index contributed by atoms with van der Waals surface area (Å²) in [5, 5.41) is 17.7. The quantitative estimate of drug-likeness (QED) is 0.140. The minimum absolute atomic E-state index is 0.0798. The number of hydrogen-bond acceptors (Lipinski definition) is 6. The van der Waals surface area contributed by atoms with Crippen molar-refractivity contribution >= 4 is 51.2 Å². The van der Waals surface area contributed by atoms with Crippen LogP contribution in [-0.2, 0) is 11.3 Å². The van der Waals surface area contributed by atoms with Gasteiger partial charge >= 0.3 is 0 Å². The Balaban J connectivity index is 1.28. The van der Waals surface area contributed by atoms with Crippen molar-refractivity contribution in [1.29, 1.82) is 0 Å². The number of likely N-dealkylation sites (N-methyl/N-ethyl adjacent to an activating group) is 1. The van der Waals surface area contributed by atoms with E-state index in [1.165, 1.54) is 18.2 Å². The van der Waals surface area contributed by atoms with Crippen LogP contribution in [0.25, 0.3) is 21.5 Å². The number of nitrogens with zero attached hydrogens (tertiary/aromatic N) is 3. The van der Waals surface area contributed by atoms with E-state index in [0.717, 1.165) is 39.2 Å². The van der Waals surface area contributed by atoms with Crippen LogP contribution < -0.4 is 10.2 Å². The van der Waals surface area contributed by atoms with Crippen LogP contribution in [-0.4, -0.2) is 66.7 Å². The monoisotopic (exact) mass is 608 g/mol. The molecule has 0 atom stereocenters. The molecule has 2 N–H and O–H groups in total. The molecular weight excluding hydrogens is 576 g/mol. The average Bonchev–Trinajstić information content (AvgIpc) is 3.03. The molecule has 0 aliphatic heterocycles. The van der Waals surface area contributed by atoms with E-state index in [1.807, 2.05) is 61.5 Å². The summed E-state index contributed by atoms with van der Waals surface area (Å²) >= 11 is 5.91. The second-order valence-corrected chi connectivity index (χ2v) is 11.1. The van der Waals surface area contributed by atoms with Crippen LogP contribution in [0.4, 0.5) is 0 Å². The summed E-state index contributed by atoms with van der Waals surface area (Å²) in [7, 11) is 3.97. The molecule has 5 aromatic rings. The summed E-state index contributed by atoms with van der Waals surface area (Å²) in [5.74, 6) is -0.0965. The third-order valence-corrected chi connectivity index (χ3v) is 7.51. The number of halogens is 1. The molecule has 0 bridgehead atoms. The first-order valence-corrected chi connectivity index (χ1v) is 14.5. The lowest BCUT2D eigenvalue weighted by atomic mass is 10.0. The normalized spacial score (nSPS) is 11.4. The molecule has 0 radical (unpaired) electrons. The van der Waals surface area contributed by atoms with Gasteiger partial charge in [-0.2, -0.15) is 5.10 Å². The molecule has 0 heterocycles. The van der Waals surface area contributed by atoms with Crippen LogP contribution in [0.5, 0.6) is 11.5 Å². The highest BCUT2D eigenvalue weighted by atomic mass is 35.5. The molecule has 0 aliphatic carbocycles. The third-order valence-electron chi connectivity index (χ3n) is 7.21. The van der Waals surface area contributed by atoms with Crippen LogP contribution in [0.2, 0.25) is 5.02 Å². The van der Waals surface area contributed by atoms with Gasteiger partial charge in [0, 0.05) is 36.1 Å². The zero-order valence-electron chi connectivity index (χ0n) is 24.5. The molecule has 0 spiro atoms. The van der Waals surface area contributed by atoms with Crippen LogP contribution in [0.1, 0.15) is 21.5 Å². The fraction of sp³-hybridized carbons (Fsp3) is 0.171. The maximum Gasteiger partial charge on any atom is 0.271 e. The molecule has 5 rings (SSSR count). The Morgan fingerprint density at radius 1 is 0.886 bits per heavy atom. The van der Waals surface area contributed by atoms with Gasteiger partial charge in [-0.05, 0) is 72.2 Å². The molecule has 0 saturated carbocycles. The summed E-state index contributed by atoms with van der Waals surface area (Å²) in [5.41, 5.74) is 4.57. The number of aromatic hydroxyl groups is 1. The van der Waals surface area contributed by atoms with E-state index < -0.39 is 5.91 Å². The maximum atomic E-state index is 13.5. The molecule has 0 unspecified atom stereocenters. The lowest BCUT2D eigenvalue weighted by molar-refractivity contribution is -0.134. The van der Waals surface area contributed by atoms with Crippen molar-refractivity contribution < 1.29 is 19.4 Å². The summed E-state index contributed by atoms with van der Waals surface area (Å²) < 4.78 is 6.10. The number of phenols is 1. The van der Waals surface area contributed by atoms with Gasteiger partial charge in [-0.25, -0.2) is 5.43 Å². The molecular formula is C35H33ClN4O4. The minimum atomic E-state index is -0.464. The van der Waals surface area contributed by atoms with Gasteiger partial charge in [0.15, 0.2) is 6.61 Å². The lowest BCUT2D eigenvalue weighted by Gasteiger charge is -2.25. The molecule has 8 nitrogen and oxygen atoms in total. The van der Waals surface area contributed by atoms with E-state index in [2.05, 4.69) is 45.8 Å². The van der Waals surface area contributed by atoms with Gasteiger partial charge in [-0.3, -0.25) is 9.59 Å². The fourth-order valence-corrected chi connectivity index (χ4v) is 4.99. The zero-order chi connectivity index (χ0) is 31.1. The average molecular weight is 609 g/mol. The summed E-state index contributed by atoms with van der Waals surface area (Å²) in [4.78, 5) is 29.8. The maximum absolute atomic E-state index is 13.5. The lowest BCUT2D eigenvalue weighted by Crippen LogP contribution is -2.39. The zero-order valence-corrected chi connectivity index (χ0v) is 25.3. The van der Waals surface area contributed by atoms with Crippen molar-refractivity contribution in [2.45, 2.75) is 6.54 Å². The van der Waals surface area contributed by atoms with Crippen molar-refractivity contribution in [1.82, 2.24) is 15.2 Å². The van der Waals surface area contributed by atoms with E-state index in [9.17, 15) is 14.7 Å². The second kappa shape index (κ2) is 14.0. The topological polar surface area (TPSA) is 94.5 Å². The number of benzene rings is 5. The van der Waals surface area contributed by atoms with Gasteiger partial charge < -0.3 is 19.6 Å². The Morgan fingerprint density at radius 2 is 1.64 bits per heavy atom. The van der Waals surface area contributed by atoms with Crippen LogP contribution >= 0.6 is 11.6 Å². The van der Waals surface area contributed by atoms with Crippen LogP contribution in [0.3, 0.4) is 0 Å². The van der Waals surface area contributed by atoms with Gasteiger partial charge in [0.05, 0.1) is 11.2 Å². The summed E-state index contributed by atoms with van der Waals surface area (Å²) in [6.45, 7) is 1.68. The Hall–Kier alpha value is -4.92. The highest BCUT2D eigenvalue weighted by molar-refractivity contribution is 6.32. The Bertz CT molecular complexity index is 1840. The predicted molar refractivity (Wildman–Crippen MR) is 176 cm³/mol. The first-order chi connectivity index (χ1) is 21.3. The molecule has 0 fully saturated rings. The standard InChI is InChI=1S/C35H33ClN4O4/c1-39(2)17-18-40(22-24-11-12-25-7-3-4-8-26(25)19-24)34(42)23-44-33-16-14-28(29-9-5-6-10-30(29)33)21-37-38-35(43)27-13-15-32(41)31(36)20-27/h3-16,19-21,41H,17-18,22-23H2,1-2H3,(H,38,43). The van der Waals surface area contributed by atoms with Crippen molar-refractivity contribution in [2.75, 3.05) is 33.8 Å². The van der Waals surface area contributed by atoms with Crippen molar-refractivity contribution in [3.05, 3.63) is 119 Å². The summed E-state index contributed by atoms with van der Waals surface area (Å²) in [6.07, 6.45) is 1.55. The van der Waals surface area contributed by atoms with Crippen LogP contribution in [0, 0.1) is 0 Å². The summed E-state index contributed by atoms with van der Waals surface area (Å²) in [6, 6.07) is 29.9. The van der Waals surface area contributed by atoms with Gasteiger partial charge in [-0.15, -0.1) is 0 Å². The molecule has 0 aromatic heterocycles. The van der Waals surface area contributed by atoms with Gasteiger partial charge in [0.25, 0.3) is 11.8 Å². The van der Waals surface area contributed by atoms with Crippen molar-refractivity contribution in [3.8, 4) is 11.5 Å². The largest absolute Gasteiger partial charge is 0.506 e. The Labute approximate surface area is 261 Å². The molecule has 5 aromatic carbocycles. The molecule has 9 heteroatoms. The number of phenolic OH excluding ortho intramolecular Hbond substituents is 1. The Kier molecular flexibility index (Phi) is 9.74. The SMILES string of the molecule is CN(C)CCN(Cc1ccc2ccccc2c1)C(=O)COc1ccc(C=NNC(=O)c2ccc(O)c(Cl)c2)c2ccccc12. The smallest absolute Gasteiger partial charge is 0.271 e. The van der Waals surface area contributed by atoms with Crippen molar-refractivity contribution in [3.63, 3.8) is 0 Å². The van der Waals surface area contributed by atoms with Crippen LogP contribution in [0.15, 0.2) is 102 Å². The number of carbonyl (C=O) groups excluding carboxylic acids is 2. The van der Waals surface area contributed by atoms with Crippen molar-refractivity contribution in [2.24, 2.45) is 5.10 Å². The third kappa shape index (κ3) is 7.53. The fourth-order valence-electron chi connectivity index (χ4n) is 4.81. The number of carbonyl (C=O) groups is 2. The number of hydrazone groups is 1. The number of rotatable bonds is 11. The number of amides is 2.